The number of nitrogens with one attached hydrogen (secondary N) is 3. The number of hydrogen-bond acceptors (Lipinski definition) is 8. The maximum atomic E-state index is 13.2. The predicted molar refractivity (Wildman–Crippen MR) is 153 cm³/mol. The Kier molecular flexibility index (Phi) is 11.5. The summed E-state index contributed by atoms with van der Waals surface area (Å²) in [7, 11) is 0. The van der Waals surface area contributed by atoms with Gasteiger partial charge in [0.2, 0.25) is 11.8 Å². The van der Waals surface area contributed by atoms with Gasteiger partial charge < -0.3 is 38.1 Å². The number of fused-ring (bicyclic) bond motifs is 1. The van der Waals surface area contributed by atoms with Crippen molar-refractivity contribution in [1.82, 2.24) is 20.5 Å². The lowest BCUT2D eigenvalue weighted by molar-refractivity contribution is -0.145. The first kappa shape index (κ1) is 30.2. The molecule has 0 aliphatic rings. The summed E-state index contributed by atoms with van der Waals surface area (Å²) in [5.41, 5.74) is 19.2. The molecule has 40 heavy (non-hydrogen) atoms. The van der Waals surface area contributed by atoms with Gasteiger partial charge in [0.15, 0.2) is 0 Å². The fourth-order valence-electron chi connectivity index (χ4n) is 4.01. The maximum absolute atomic E-state index is 13.2. The number of anilines is 1. The number of rotatable bonds is 13. The lowest BCUT2D eigenvalue weighted by Crippen LogP contribution is -2.55. The number of carbonyl (C=O) groups is 4. The van der Waals surface area contributed by atoms with E-state index in [1.807, 2.05) is 54.6 Å². The molecular weight excluding hydrogens is 512 g/mol. The van der Waals surface area contributed by atoms with E-state index >= 15 is 0 Å². The Balaban J connectivity index is 1.64. The van der Waals surface area contributed by atoms with Gasteiger partial charge in [0, 0.05) is 38.1 Å². The standard InChI is InChI=1S/C28H36N8O4/c29-12-14-36(15-13-30)28(40)27(39)33-18-22(31)25(37)35-24(11-10-19-6-2-1-3-7-19)26(38)34-21-16-20-8-4-5-9-23(20)32-17-21/h1-9,16-17,22,24H,10-15,18,29-31H2,(H,33,39)(H,34,38)(H,35,37)/t22-,24-/m0/s1. The van der Waals surface area contributed by atoms with Gasteiger partial charge in [-0.3, -0.25) is 24.2 Å². The average Bonchev–Trinajstić information content (AvgIpc) is 2.97. The topological polar surface area (TPSA) is 199 Å². The Morgan fingerprint density at radius 3 is 2.27 bits per heavy atom. The summed E-state index contributed by atoms with van der Waals surface area (Å²) in [6.07, 6.45) is 2.37. The Bertz CT molecular complexity index is 1300. The average molecular weight is 549 g/mol. The van der Waals surface area contributed by atoms with E-state index in [1.165, 1.54) is 4.90 Å². The summed E-state index contributed by atoms with van der Waals surface area (Å²) in [5, 5.41) is 8.73. The first-order valence-electron chi connectivity index (χ1n) is 13.0. The zero-order valence-electron chi connectivity index (χ0n) is 22.2. The van der Waals surface area contributed by atoms with Gasteiger partial charge in [-0.25, -0.2) is 0 Å². The van der Waals surface area contributed by atoms with Crippen LogP contribution < -0.4 is 33.2 Å². The first-order chi connectivity index (χ1) is 19.3. The molecule has 0 aliphatic carbocycles. The van der Waals surface area contributed by atoms with Gasteiger partial charge in [0.1, 0.15) is 12.1 Å². The molecule has 12 nitrogen and oxygen atoms in total. The summed E-state index contributed by atoms with van der Waals surface area (Å²) in [4.78, 5) is 56.4. The third-order valence-electron chi connectivity index (χ3n) is 6.15. The molecule has 212 valence electrons. The molecule has 12 heteroatoms. The quantitative estimate of drug-likeness (QED) is 0.153. The number of aryl methyl sites for hydroxylation is 1. The fraction of sp³-hybridized carbons (Fsp3) is 0.321. The number of aromatic nitrogens is 1. The van der Waals surface area contributed by atoms with Crippen molar-refractivity contribution in [2.45, 2.75) is 24.9 Å². The number of para-hydroxylation sites is 1. The van der Waals surface area contributed by atoms with Crippen LogP contribution in [0.4, 0.5) is 5.69 Å². The third kappa shape index (κ3) is 8.83. The lowest BCUT2D eigenvalue weighted by Gasteiger charge is -2.22. The molecule has 3 rings (SSSR count). The highest BCUT2D eigenvalue weighted by atomic mass is 16.2. The normalized spacial score (nSPS) is 12.3. The van der Waals surface area contributed by atoms with Crippen LogP contribution in [0.1, 0.15) is 12.0 Å². The van der Waals surface area contributed by atoms with Gasteiger partial charge in [0.05, 0.1) is 17.4 Å². The van der Waals surface area contributed by atoms with E-state index in [1.54, 1.807) is 12.3 Å². The molecule has 0 bridgehead atoms. The van der Waals surface area contributed by atoms with Crippen molar-refractivity contribution < 1.29 is 19.2 Å². The molecule has 1 heterocycles. The largest absolute Gasteiger partial charge is 0.346 e. The van der Waals surface area contributed by atoms with Crippen LogP contribution in [0.2, 0.25) is 0 Å². The van der Waals surface area contributed by atoms with Crippen LogP contribution in [0.3, 0.4) is 0 Å². The number of benzene rings is 2. The minimum Gasteiger partial charge on any atom is -0.346 e. The molecule has 0 saturated heterocycles. The summed E-state index contributed by atoms with van der Waals surface area (Å²) >= 11 is 0. The van der Waals surface area contributed by atoms with Crippen LogP contribution in [-0.2, 0) is 25.6 Å². The van der Waals surface area contributed by atoms with Gasteiger partial charge in [0.25, 0.3) is 0 Å². The zero-order chi connectivity index (χ0) is 28.9. The van der Waals surface area contributed by atoms with E-state index in [0.29, 0.717) is 18.5 Å². The third-order valence-corrected chi connectivity index (χ3v) is 6.15. The molecule has 2 aromatic carbocycles. The molecule has 9 N–H and O–H groups in total. The van der Waals surface area contributed by atoms with Crippen LogP contribution >= 0.6 is 0 Å². The molecule has 0 radical (unpaired) electrons. The lowest BCUT2D eigenvalue weighted by atomic mass is 10.0. The van der Waals surface area contributed by atoms with Crippen LogP contribution in [0.15, 0.2) is 66.9 Å². The van der Waals surface area contributed by atoms with Crippen molar-refractivity contribution in [2.75, 3.05) is 38.0 Å². The first-order valence-corrected chi connectivity index (χ1v) is 13.0. The van der Waals surface area contributed by atoms with Crippen molar-refractivity contribution in [3.8, 4) is 0 Å². The Labute approximate surface area is 232 Å². The number of carbonyl (C=O) groups excluding carboxylic acids is 4. The number of pyridine rings is 1. The number of amides is 4. The van der Waals surface area contributed by atoms with Crippen molar-refractivity contribution in [1.29, 1.82) is 0 Å². The minimum atomic E-state index is -1.21. The van der Waals surface area contributed by atoms with E-state index < -0.39 is 35.7 Å². The van der Waals surface area contributed by atoms with Gasteiger partial charge in [-0.15, -0.1) is 0 Å². The van der Waals surface area contributed by atoms with E-state index in [9.17, 15) is 19.2 Å². The Hall–Kier alpha value is -4.39. The van der Waals surface area contributed by atoms with Crippen molar-refractivity contribution >= 4 is 40.2 Å². The van der Waals surface area contributed by atoms with E-state index in [0.717, 1.165) is 16.5 Å². The second kappa shape index (κ2) is 15.3. The molecule has 0 aliphatic heterocycles. The highest BCUT2D eigenvalue weighted by Crippen LogP contribution is 2.17. The molecule has 1 aromatic heterocycles. The van der Waals surface area contributed by atoms with Gasteiger partial charge in [-0.05, 0) is 30.5 Å². The smallest absolute Gasteiger partial charge is 0.311 e. The molecule has 2 atom stereocenters. The predicted octanol–water partition coefficient (Wildman–Crippen LogP) is -0.520. The Morgan fingerprint density at radius 2 is 1.57 bits per heavy atom. The minimum absolute atomic E-state index is 0.168. The van der Waals surface area contributed by atoms with Gasteiger partial charge in [-0.1, -0.05) is 48.5 Å². The second-order valence-corrected chi connectivity index (χ2v) is 9.18. The number of hydrogen-bond donors (Lipinski definition) is 6. The number of nitrogens with two attached hydrogens (primary N) is 3. The van der Waals surface area contributed by atoms with E-state index in [-0.39, 0.29) is 32.7 Å². The molecule has 4 amide bonds. The highest BCUT2D eigenvalue weighted by molar-refractivity contribution is 6.35. The van der Waals surface area contributed by atoms with Crippen molar-refractivity contribution in [3.63, 3.8) is 0 Å². The molecule has 0 unspecified atom stereocenters. The van der Waals surface area contributed by atoms with Gasteiger partial charge >= 0.3 is 11.8 Å². The van der Waals surface area contributed by atoms with Crippen LogP contribution in [0.5, 0.6) is 0 Å². The van der Waals surface area contributed by atoms with E-state index in [4.69, 9.17) is 17.2 Å². The highest BCUT2D eigenvalue weighted by Gasteiger charge is 2.26. The Morgan fingerprint density at radius 1 is 0.900 bits per heavy atom. The molecule has 0 spiro atoms. The number of nitrogens with zero attached hydrogens (tertiary/aromatic N) is 2. The van der Waals surface area contributed by atoms with Crippen molar-refractivity contribution in [2.24, 2.45) is 17.2 Å². The fourth-order valence-corrected chi connectivity index (χ4v) is 4.01. The van der Waals surface area contributed by atoms with Crippen LogP contribution in [0, 0.1) is 0 Å². The van der Waals surface area contributed by atoms with E-state index in [2.05, 4.69) is 20.9 Å². The van der Waals surface area contributed by atoms with Crippen LogP contribution in [-0.4, -0.2) is 78.3 Å². The summed E-state index contributed by atoms with van der Waals surface area (Å²) in [5.74, 6) is -2.83. The van der Waals surface area contributed by atoms with Crippen molar-refractivity contribution in [3.05, 3.63) is 72.4 Å². The SMILES string of the molecule is NCCN(CCN)C(=O)C(=O)NC[C@H](N)C(=O)N[C@@H](CCc1ccccc1)C(=O)Nc1cnc2ccccc2c1. The monoisotopic (exact) mass is 548 g/mol. The molecule has 3 aromatic rings. The summed E-state index contributed by atoms with van der Waals surface area (Å²) in [6.45, 7) is 0.365. The zero-order valence-corrected chi connectivity index (χ0v) is 22.2. The summed E-state index contributed by atoms with van der Waals surface area (Å²) in [6, 6.07) is 16.7. The van der Waals surface area contributed by atoms with Gasteiger partial charge in [-0.2, -0.15) is 0 Å². The maximum Gasteiger partial charge on any atom is 0.311 e. The molecule has 0 saturated carbocycles. The second-order valence-electron chi connectivity index (χ2n) is 9.18. The molecular formula is C28H36N8O4. The molecule has 0 fully saturated rings. The summed E-state index contributed by atoms with van der Waals surface area (Å²) < 4.78 is 0. The van der Waals surface area contributed by atoms with Crippen LogP contribution in [0.25, 0.3) is 10.9 Å².